The Morgan fingerprint density at radius 1 is 1.19 bits per heavy atom. The van der Waals surface area contributed by atoms with E-state index < -0.39 is 12.1 Å². The van der Waals surface area contributed by atoms with E-state index in [4.69, 9.17) is 4.74 Å². The van der Waals surface area contributed by atoms with Crippen LogP contribution in [0.2, 0.25) is 0 Å². The molecule has 1 aromatic heterocycles. The van der Waals surface area contributed by atoms with Crippen LogP contribution in [0.1, 0.15) is 24.9 Å². The van der Waals surface area contributed by atoms with Crippen molar-refractivity contribution in [1.82, 2.24) is 10.0 Å². The number of hydrogen-bond acceptors (Lipinski definition) is 7. The minimum absolute atomic E-state index is 0.0544. The predicted octanol–water partition coefficient (Wildman–Crippen LogP) is 2.84. The number of thiophene rings is 1. The van der Waals surface area contributed by atoms with E-state index in [0.29, 0.717) is 0 Å². The van der Waals surface area contributed by atoms with E-state index >= 15 is 0 Å². The van der Waals surface area contributed by atoms with Crippen LogP contribution < -0.4 is 5.01 Å². The molecule has 0 saturated heterocycles. The molecule has 0 aliphatic carbocycles. The van der Waals surface area contributed by atoms with E-state index in [-0.39, 0.29) is 18.3 Å². The first-order chi connectivity index (χ1) is 12.5. The summed E-state index contributed by atoms with van der Waals surface area (Å²) in [6.45, 7) is 3.42. The molecule has 136 valence electrons. The van der Waals surface area contributed by atoms with Crippen LogP contribution in [0, 0.1) is 0 Å². The molecule has 26 heavy (non-hydrogen) atoms. The topological polar surface area (TPSA) is 65.5 Å². The summed E-state index contributed by atoms with van der Waals surface area (Å²) in [5, 5.41) is 11.1. The van der Waals surface area contributed by atoms with Gasteiger partial charge in [-0.05, 0) is 30.5 Å². The van der Waals surface area contributed by atoms with Gasteiger partial charge in [-0.3, -0.25) is 9.80 Å². The van der Waals surface area contributed by atoms with Crippen LogP contribution >= 0.6 is 11.3 Å². The van der Waals surface area contributed by atoms with Crippen LogP contribution in [0.4, 0.5) is 5.69 Å². The fourth-order valence-corrected chi connectivity index (χ4v) is 3.59. The number of carbonyl (C=O) groups excluding carboxylic acids is 2. The van der Waals surface area contributed by atoms with Crippen LogP contribution in [-0.2, 0) is 14.3 Å². The van der Waals surface area contributed by atoms with Gasteiger partial charge in [0.25, 0.3) is 5.84 Å². The first kappa shape index (κ1) is 17.9. The summed E-state index contributed by atoms with van der Waals surface area (Å²) in [7, 11) is 1.64. The van der Waals surface area contributed by atoms with Gasteiger partial charge in [0.05, 0.1) is 17.2 Å². The molecule has 1 aliphatic rings. The average molecular weight is 372 g/mol. The first-order valence-electron chi connectivity index (χ1n) is 8.21. The van der Waals surface area contributed by atoms with Gasteiger partial charge in [-0.2, -0.15) is 0 Å². The number of anilines is 1. The number of rotatable bonds is 4. The summed E-state index contributed by atoms with van der Waals surface area (Å²) in [4.78, 5) is 25.8. The Balaban J connectivity index is 2.16. The van der Waals surface area contributed by atoms with Gasteiger partial charge in [0.1, 0.15) is 0 Å². The van der Waals surface area contributed by atoms with E-state index in [9.17, 15) is 9.59 Å². The van der Waals surface area contributed by atoms with Gasteiger partial charge in [-0.25, -0.2) is 14.8 Å². The van der Waals surface area contributed by atoms with Crippen LogP contribution in [0.5, 0.6) is 0 Å². The Kier molecular flexibility index (Phi) is 5.22. The zero-order valence-corrected chi connectivity index (χ0v) is 15.6. The van der Waals surface area contributed by atoms with Crippen LogP contribution in [0.3, 0.4) is 0 Å². The summed E-state index contributed by atoms with van der Waals surface area (Å²) in [6, 6.07) is 13.3. The second-order valence-electron chi connectivity index (χ2n) is 5.60. The lowest BCUT2D eigenvalue weighted by Gasteiger charge is -2.45. The summed E-state index contributed by atoms with van der Waals surface area (Å²) >= 11 is 1.52. The zero-order chi connectivity index (χ0) is 18.7. The van der Waals surface area contributed by atoms with Gasteiger partial charge < -0.3 is 4.74 Å². The number of hydrogen-bond donors (Lipinski definition) is 0. The highest BCUT2D eigenvalue weighted by Crippen LogP contribution is 2.36. The van der Waals surface area contributed by atoms with Crippen LogP contribution in [0.25, 0.3) is 0 Å². The van der Waals surface area contributed by atoms with Gasteiger partial charge in [0.2, 0.25) is 5.91 Å². The van der Waals surface area contributed by atoms with Crippen molar-refractivity contribution in [3.8, 4) is 0 Å². The number of carbonyl (C=O) groups is 2. The fraction of sp³-hybridized carbons (Fsp3) is 0.278. The third kappa shape index (κ3) is 3.28. The van der Waals surface area contributed by atoms with E-state index in [1.54, 1.807) is 19.0 Å². The SMILES string of the molecule is CCOC(=O)C1=NN(c2ccccc2)C(c2cccs2)N(C(C)=O)N1C. The lowest BCUT2D eigenvalue weighted by Crippen LogP contribution is -2.58. The molecule has 1 atom stereocenters. The van der Waals surface area contributed by atoms with E-state index in [1.807, 2.05) is 47.8 Å². The van der Waals surface area contributed by atoms with Crippen molar-refractivity contribution in [3.63, 3.8) is 0 Å². The smallest absolute Gasteiger partial charge is 0.377 e. The minimum atomic E-state index is -0.577. The Morgan fingerprint density at radius 2 is 1.92 bits per heavy atom. The number of esters is 1. The predicted molar refractivity (Wildman–Crippen MR) is 100 cm³/mol. The maximum absolute atomic E-state index is 12.5. The monoisotopic (exact) mass is 372 g/mol. The third-order valence-corrected chi connectivity index (χ3v) is 4.81. The highest BCUT2D eigenvalue weighted by molar-refractivity contribution is 7.10. The lowest BCUT2D eigenvalue weighted by atomic mass is 10.2. The molecule has 0 saturated carbocycles. The number of amidine groups is 1. The number of benzene rings is 1. The molecule has 0 fully saturated rings. The van der Waals surface area contributed by atoms with Crippen molar-refractivity contribution in [2.45, 2.75) is 20.0 Å². The van der Waals surface area contributed by atoms with E-state index in [0.717, 1.165) is 10.6 Å². The molecule has 2 heterocycles. The van der Waals surface area contributed by atoms with Gasteiger partial charge in [-0.1, -0.05) is 24.3 Å². The van der Waals surface area contributed by atoms with E-state index in [1.165, 1.54) is 28.3 Å². The summed E-state index contributed by atoms with van der Waals surface area (Å²) in [5.74, 6) is -0.728. The normalized spacial score (nSPS) is 17.1. The van der Waals surface area contributed by atoms with Crippen molar-refractivity contribution >= 4 is 34.7 Å². The Labute approximate surface area is 156 Å². The van der Waals surface area contributed by atoms with Crippen molar-refractivity contribution in [1.29, 1.82) is 0 Å². The molecule has 1 amide bonds. The number of amides is 1. The molecule has 1 aliphatic heterocycles. The highest BCUT2D eigenvalue weighted by Gasteiger charge is 2.41. The average Bonchev–Trinajstić information content (AvgIpc) is 3.16. The van der Waals surface area contributed by atoms with Gasteiger partial charge >= 0.3 is 5.97 Å². The Hall–Kier alpha value is -2.87. The number of nitrogens with zero attached hydrogens (tertiary/aromatic N) is 4. The second-order valence-corrected chi connectivity index (χ2v) is 6.58. The Bertz CT molecular complexity index is 807. The molecule has 7 nitrogen and oxygen atoms in total. The summed E-state index contributed by atoms with van der Waals surface area (Å²) in [6.07, 6.45) is -0.488. The molecule has 0 radical (unpaired) electrons. The first-order valence-corrected chi connectivity index (χ1v) is 9.09. The van der Waals surface area contributed by atoms with Gasteiger partial charge in [0.15, 0.2) is 6.17 Å². The van der Waals surface area contributed by atoms with Crippen molar-refractivity contribution < 1.29 is 14.3 Å². The molecular formula is C18H20N4O3S. The molecular weight excluding hydrogens is 352 g/mol. The molecule has 1 aromatic carbocycles. The molecule has 2 aromatic rings. The highest BCUT2D eigenvalue weighted by atomic mass is 32.1. The number of hydrazone groups is 1. The largest absolute Gasteiger partial charge is 0.460 e. The number of para-hydroxylation sites is 1. The van der Waals surface area contributed by atoms with Crippen molar-refractivity contribution in [2.24, 2.45) is 5.10 Å². The second kappa shape index (κ2) is 7.57. The van der Waals surface area contributed by atoms with Crippen LogP contribution in [0.15, 0.2) is 52.9 Å². The quantitative estimate of drug-likeness (QED) is 0.772. The van der Waals surface area contributed by atoms with Crippen LogP contribution in [-0.4, -0.2) is 41.4 Å². The molecule has 8 heteroatoms. The van der Waals surface area contributed by atoms with Gasteiger partial charge in [0, 0.05) is 14.0 Å². The molecule has 0 N–H and O–H groups in total. The third-order valence-electron chi connectivity index (χ3n) is 3.89. The van der Waals surface area contributed by atoms with E-state index in [2.05, 4.69) is 5.10 Å². The fourth-order valence-electron chi connectivity index (χ4n) is 2.80. The maximum atomic E-state index is 12.5. The standard InChI is InChI=1S/C18H20N4O3S/c1-4-25-18(24)16-19-21(14-9-6-5-7-10-14)17(15-11-8-12-26-15)22(13(2)23)20(16)3/h5-12,17H,4H2,1-3H3. The maximum Gasteiger partial charge on any atom is 0.377 e. The molecule has 1 unspecified atom stereocenters. The molecule has 3 rings (SSSR count). The number of hydrazine groups is 1. The van der Waals surface area contributed by atoms with Crippen molar-refractivity contribution in [2.75, 3.05) is 18.7 Å². The zero-order valence-electron chi connectivity index (χ0n) is 14.8. The van der Waals surface area contributed by atoms with Gasteiger partial charge in [-0.15, -0.1) is 16.4 Å². The molecule has 0 spiro atoms. The number of likely N-dealkylation sites (N-methyl/N-ethyl adjacent to an activating group) is 1. The molecule has 0 bridgehead atoms. The number of ether oxygens (including phenoxy) is 1. The lowest BCUT2D eigenvalue weighted by molar-refractivity contribution is -0.147. The Morgan fingerprint density at radius 3 is 2.50 bits per heavy atom. The summed E-state index contributed by atoms with van der Waals surface area (Å²) in [5.41, 5.74) is 0.770. The van der Waals surface area contributed by atoms with Crippen molar-refractivity contribution in [3.05, 3.63) is 52.7 Å². The summed E-state index contributed by atoms with van der Waals surface area (Å²) < 4.78 is 5.12. The minimum Gasteiger partial charge on any atom is -0.460 e.